The molecule has 1 aromatic carbocycles. The zero-order valence-corrected chi connectivity index (χ0v) is 11.2. The van der Waals surface area contributed by atoms with Gasteiger partial charge in [0.15, 0.2) is 0 Å². The molecule has 0 spiro atoms. The number of aryl methyl sites for hydroxylation is 1. The highest BCUT2D eigenvalue weighted by molar-refractivity contribution is 6.36. The van der Waals surface area contributed by atoms with Crippen LogP contribution in [-0.2, 0) is 7.05 Å². The molecule has 0 bridgehead atoms. The fraction of sp³-hybridized carbons (Fsp3) is 0.0714. The molecule has 90 valence electrons. The Hall–Kier alpha value is -1.69. The highest BCUT2D eigenvalue weighted by atomic mass is 35.5. The largest absolute Gasteiger partial charge is 0.351 e. The summed E-state index contributed by atoms with van der Waals surface area (Å²) in [6, 6.07) is 11.1. The van der Waals surface area contributed by atoms with Crippen LogP contribution in [0.3, 0.4) is 0 Å². The Morgan fingerprint density at radius 3 is 2.67 bits per heavy atom. The Balaban J connectivity index is 2.50. The molecule has 0 atom stereocenters. The Kier molecular flexibility index (Phi) is 3.76. The number of hydrogen-bond acceptors (Lipinski definition) is 1. The van der Waals surface area contributed by atoms with Crippen molar-refractivity contribution in [2.75, 3.05) is 0 Å². The van der Waals surface area contributed by atoms with E-state index in [1.165, 1.54) is 0 Å². The fourth-order valence-corrected chi connectivity index (χ4v) is 2.16. The monoisotopic (exact) mass is 276 g/mol. The first-order valence-electron chi connectivity index (χ1n) is 5.30. The summed E-state index contributed by atoms with van der Waals surface area (Å²) in [4.78, 5) is 0. The minimum Gasteiger partial charge on any atom is -0.351 e. The fourth-order valence-electron chi connectivity index (χ4n) is 1.65. The summed E-state index contributed by atoms with van der Waals surface area (Å²) in [5.41, 5.74) is 2.14. The molecule has 2 rings (SSSR count). The van der Waals surface area contributed by atoms with Crippen molar-refractivity contribution in [3.05, 3.63) is 57.8 Å². The van der Waals surface area contributed by atoms with Crippen molar-refractivity contribution in [3.8, 4) is 6.07 Å². The zero-order valence-electron chi connectivity index (χ0n) is 9.69. The van der Waals surface area contributed by atoms with Crippen LogP contribution in [0.4, 0.5) is 0 Å². The van der Waals surface area contributed by atoms with Gasteiger partial charge in [-0.2, -0.15) is 5.26 Å². The number of halogens is 2. The molecule has 4 heteroatoms. The molecule has 1 aromatic heterocycles. The Morgan fingerprint density at radius 2 is 2.11 bits per heavy atom. The number of rotatable bonds is 2. The second kappa shape index (κ2) is 5.30. The predicted octanol–water partition coefficient (Wildman–Crippen LogP) is 4.40. The molecule has 0 radical (unpaired) electrons. The van der Waals surface area contributed by atoms with E-state index in [0.29, 0.717) is 21.2 Å². The Bertz CT molecular complexity index is 648. The van der Waals surface area contributed by atoms with Gasteiger partial charge in [0.1, 0.15) is 0 Å². The van der Waals surface area contributed by atoms with E-state index in [0.717, 1.165) is 5.69 Å². The minimum atomic E-state index is 0.476. The van der Waals surface area contributed by atoms with Crippen LogP contribution < -0.4 is 0 Å². The number of aromatic nitrogens is 1. The molecule has 18 heavy (non-hydrogen) atoms. The van der Waals surface area contributed by atoms with Crippen molar-refractivity contribution in [2.45, 2.75) is 0 Å². The molecule has 1 heterocycles. The first kappa shape index (κ1) is 12.8. The van der Waals surface area contributed by atoms with Gasteiger partial charge in [-0.05, 0) is 30.3 Å². The molecule has 0 fully saturated rings. The van der Waals surface area contributed by atoms with E-state index in [-0.39, 0.29) is 0 Å². The maximum absolute atomic E-state index is 9.24. The summed E-state index contributed by atoms with van der Waals surface area (Å²) in [6.45, 7) is 0. The van der Waals surface area contributed by atoms with Gasteiger partial charge < -0.3 is 4.57 Å². The molecule has 0 saturated carbocycles. The topological polar surface area (TPSA) is 28.7 Å². The van der Waals surface area contributed by atoms with Crippen molar-refractivity contribution in [1.29, 1.82) is 5.26 Å². The van der Waals surface area contributed by atoms with Gasteiger partial charge in [-0.1, -0.05) is 29.3 Å². The van der Waals surface area contributed by atoms with E-state index >= 15 is 0 Å². The van der Waals surface area contributed by atoms with Crippen LogP contribution in [0, 0.1) is 11.3 Å². The zero-order chi connectivity index (χ0) is 13.1. The van der Waals surface area contributed by atoms with E-state index in [4.69, 9.17) is 23.2 Å². The third kappa shape index (κ3) is 2.59. The summed E-state index contributed by atoms with van der Waals surface area (Å²) in [6.07, 6.45) is 3.72. The lowest BCUT2D eigenvalue weighted by Gasteiger charge is -2.04. The lowest BCUT2D eigenvalue weighted by molar-refractivity contribution is 0.915. The molecule has 0 aliphatic heterocycles. The summed E-state index contributed by atoms with van der Waals surface area (Å²) in [7, 11) is 1.92. The SMILES string of the molecule is Cn1cccc1/C=C(/C#N)c1ccc(Cl)cc1Cl. The maximum Gasteiger partial charge on any atom is 0.0999 e. The number of allylic oxidation sites excluding steroid dienone is 1. The molecule has 2 aromatic rings. The third-order valence-corrected chi connectivity index (χ3v) is 3.17. The van der Waals surface area contributed by atoms with Gasteiger partial charge in [-0.3, -0.25) is 0 Å². The highest BCUT2D eigenvalue weighted by Crippen LogP contribution is 2.28. The number of nitriles is 1. The average molecular weight is 277 g/mol. The second-order valence-electron chi connectivity index (χ2n) is 3.84. The average Bonchev–Trinajstić information content (AvgIpc) is 2.73. The Labute approximate surface area is 116 Å². The molecule has 0 saturated heterocycles. The predicted molar refractivity (Wildman–Crippen MR) is 75.4 cm³/mol. The number of nitrogens with zero attached hydrogens (tertiary/aromatic N) is 2. The minimum absolute atomic E-state index is 0.476. The molecular formula is C14H10Cl2N2. The molecule has 0 aliphatic rings. The van der Waals surface area contributed by atoms with Crippen LogP contribution in [0.25, 0.3) is 11.6 Å². The van der Waals surface area contributed by atoms with Gasteiger partial charge >= 0.3 is 0 Å². The number of benzene rings is 1. The summed E-state index contributed by atoms with van der Waals surface area (Å²) in [5.74, 6) is 0. The van der Waals surface area contributed by atoms with E-state index < -0.39 is 0 Å². The van der Waals surface area contributed by atoms with Gasteiger partial charge in [-0.15, -0.1) is 0 Å². The van der Waals surface area contributed by atoms with Gasteiger partial charge in [0, 0.05) is 29.5 Å². The molecule has 2 nitrogen and oxygen atoms in total. The first-order chi connectivity index (χ1) is 8.61. The summed E-state index contributed by atoms with van der Waals surface area (Å²) >= 11 is 11.9. The second-order valence-corrected chi connectivity index (χ2v) is 4.68. The summed E-state index contributed by atoms with van der Waals surface area (Å²) in [5, 5.41) is 10.3. The van der Waals surface area contributed by atoms with E-state index in [1.54, 1.807) is 24.3 Å². The Morgan fingerprint density at radius 1 is 1.33 bits per heavy atom. The van der Waals surface area contributed by atoms with Crippen molar-refractivity contribution >= 4 is 34.9 Å². The van der Waals surface area contributed by atoms with Crippen molar-refractivity contribution in [2.24, 2.45) is 7.05 Å². The lowest BCUT2D eigenvalue weighted by Crippen LogP contribution is -1.90. The normalized spacial score (nSPS) is 11.3. The van der Waals surface area contributed by atoms with E-state index in [1.807, 2.05) is 29.9 Å². The van der Waals surface area contributed by atoms with Crippen LogP contribution >= 0.6 is 23.2 Å². The van der Waals surface area contributed by atoms with Crippen LogP contribution in [0.2, 0.25) is 10.0 Å². The first-order valence-corrected chi connectivity index (χ1v) is 6.06. The molecule has 0 unspecified atom stereocenters. The van der Waals surface area contributed by atoms with Crippen LogP contribution in [0.1, 0.15) is 11.3 Å². The van der Waals surface area contributed by atoms with Crippen LogP contribution in [-0.4, -0.2) is 4.57 Å². The molecule has 0 amide bonds. The van der Waals surface area contributed by atoms with Crippen molar-refractivity contribution < 1.29 is 0 Å². The quantitative estimate of drug-likeness (QED) is 0.748. The maximum atomic E-state index is 9.24. The highest BCUT2D eigenvalue weighted by Gasteiger charge is 2.07. The van der Waals surface area contributed by atoms with E-state index in [2.05, 4.69) is 6.07 Å². The van der Waals surface area contributed by atoms with Crippen molar-refractivity contribution in [1.82, 2.24) is 4.57 Å². The molecule has 0 aliphatic carbocycles. The molecule has 0 N–H and O–H groups in total. The van der Waals surface area contributed by atoms with Gasteiger partial charge in [-0.25, -0.2) is 0 Å². The lowest BCUT2D eigenvalue weighted by atomic mass is 10.1. The molecular weight excluding hydrogens is 267 g/mol. The standard InChI is InChI=1S/C14H10Cl2N2/c1-18-6-2-3-12(18)7-10(9-17)13-5-4-11(15)8-14(13)16/h2-8H,1H3/b10-7-. The van der Waals surface area contributed by atoms with E-state index in [9.17, 15) is 5.26 Å². The summed E-state index contributed by atoms with van der Waals surface area (Å²) < 4.78 is 1.93. The van der Waals surface area contributed by atoms with Crippen molar-refractivity contribution in [3.63, 3.8) is 0 Å². The van der Waals surface area contributed by atoms with Crippen LogP contribution in [0.15, 0.2) is 36.5 Å². The van der Waals surface area contributed by atoms with Crippen LogP contribution in [0.5, 0.6) is 0 Å². The number of hydrogen-bond donors (Lipinski definition) is 0. The van der Waals surface area contributed by atoms with Gasteiger partial charge in [0.05, 0.1) is 16.7 Å². The smallest absolute Gasteiger partial charge is 0.0999 e. The van der Waals surface area contributed by atoms with Gasteiger partial charge in [0.2, 0.25) is 0 Å². The van der Waals surface area contributed by atoms with Gasteiger partial charge in [0.25, 0.3) is 0 Å². The third-order valence-electron chi connectivity index (χ3n) is 2.62.